The number of likely N-dealkylation sites (tertiary alicyclic amines) is 3. The molecule has 28 N–H and O–H groups in total. The van der Waals surface area contributed by atoms with E-state index in [-0.39, 0.29) is 89.0 Å². The Morgan fingerprint density at radius 3 is 1.36 bits per heavy atom. The first-order valence-electron chi connectivity index (χ1n) is 42.0. The van der Waals surface area contributed by atoms with E-state index in [2.05, 4.69) is 74.5 Å². The van der Waals surface area contributed by atoms with Gasteiger partial charge in [-0.05, 0) is 106 Å². The van der Waals surface area contributed by atoms with Gasteiger partial charge in [-0.25, -0.2) is 5.43 Å². The number of hydrogen-bond acceptors (Lipinski definition) is 27. The third-order valence-corrected chi connectivity index (χ3v) is 21.5. The molecule has 128 heavy (non-hydrogen) atoms. The fourth-order valence-electron chi connectivity index (χ4n) is 14.5. The van der Waals surface area contributed by atoms with Gasteiger partial charge in [-0.15, -0.1) is 0 Å². The summed E-state index contributed by atoms with van der Waals surface area (Å²) in [6.07, 6.45) is -5.20. The molecular formula is C81H122N22O25. The molecule has 2 aromatic carbocycles. The number of hydrogen-bond donors (Lipinski definition) is 23. The van der Waals surface area contributed by atoms with Crippen molar-refractivity contribution in [2.75, 3.05) is 39.3 Å². The molecule has 20 amide bonds. The summed E-state index contributed by atoms with van der Waals surface area (Å²) in [5.74, 6) is -16.2. The fourth-order valence-corrected chi connectivity index (χ4v) is 14.5. The monoisotopic (exact) mass is 1800 g/mol. The molecule has 3 unspecified atom stereocenters. The number of phenols is 1. The van der Waals surface area contributed by atoms with Gasteiger partial charge in [0.25, 0.3) is 0 Å². The van der Waals surface area contributed by atoms with Gasteiger partial charge in [0, 0.05) is 26.1 Å². The van der Waals surface area contributed by atoms with E-state index in [1.54, 1.807) is 58.0 Å². The number of carbonyl (C=O) groups is 21. The summed E-state index contributed by atoms with van der Waals surface area (Å²) in [6, 6.07) is -9.06. The number of nitrogens with one attached hydrogen (secondary N) is 14. The molecule has 3 aliphatic rings. The van der Waals surface area contributed by atoms with Crippen molar-refractivity contribution in [1.29, 1.82) is 0 Å². The molecule has 47 heteroatoms. The highest BCUT2D eigenvalue weighted by Crippen LogP contribution is 2.28. The zero-order chi connectivity index (χ0) is 95.7. The number of primary amides is 4. The van der Waals surface area contributed by atoms with Gasteiger partial charge in [0.15, 0.2) is 0 Å². The third kappa shape index (κ3) is 32.5. The van der Waals surface area contributed by atoms with Crippen LogP contribution in [0.4, 0.5) is 0 Å². The Kier molecular flexibility index (Phi) is 42.1. The van der Waals surface area contributed by atoms with E-state index in [0.29, 0.717) is 24.0 Å². The molecule has 47 nitrogen and oxygen atoms in total. The van der Waals surface area contributed by atoms with Gasteiger partial charge in [-0.1, -0.05) is 90.4 Å². The Balaban J connectivity index is 1.21. The molecule has 5 rings (SSSR count). The van der Waals surface area contributed by atoms with Gasteiger partial charge < -0.3 is 132 Å². The molecule has 0 spiro atoms. The molecule has 3 saturated heterocycles. The number of benzene rings is 2. The Morgan fingerprint density at radius 2 is 0.852 bits per heavy atom. The molecule has 0 aromatic heterocycles. The van der Waals surface area contributed by atoms with Crippen molar-refractivity contribution in [3.63, 3.8) is 0 Å². The third-order valence-electron chi connectivity index (χ3n) is 21.5. The van der Waals surface area contributed by atoms with Crippen molar-refractivity contribution >= 4 is 124 Å². The van der Waals surface area contributed by atoms with Gasteiger partial charge in [0.1, 0.15) is 96.6 Å². The number of aliphatic hydroxyl groups excluding tert-OH is 3. The summed E-state index contributed by atoms with van der Waals surface area (Å²) >= 11 is 0. The van der Waals surface area contributed by atoms with E-state index in [1.807, 2.05) is 0 Å². The minimum absolute atomic E-state index is 0.00569. The Hall–Kier alpha value is -12.9. The van der Waals surface area contributed by atoms with Crippen LogP contribution in [-0.2, 0) is 114 Å². The van der Waals surface area contributed by atoms with Crippen molar-refractivity contribution in [2.45, 2.75) is 248 Å². The predicted octanol–water partition coefficient (Wildman–Crippen LogP) is -10.2. The van der Waals surface area contributed by atoms with Crippen molar-refractivity contribution in [3.8, 4) is 5.75 Å². The van der Waals surface area contributed by atoms with Crippen LogP contribution in [0.25, 0.3) is 0 Å². The van der Waals surface area contributed by atoms with Crippen LogP contribution in [0.3, 0.4) is 0 Å². The van der Waals surface area contributed by atoms with Crippen LogP contribution in [0.2, 0.25) is 0 Å². The summed E-state index contributed by atoms with van der Waals surface area (Å²) < 4.78 is 0. The zero-order valence-corrected chi connectivity index (χ0v) is 72.6. The minimum Gasteiger partial charge on any atom is -0.508 e. The number of amides is 20. The van der Waals surface area contributed by atoms with E-state index in [9.17, 15) is 121 Å². The number of aliphatic hydroxyl groups is 3. The summed E-state index contributed by atoms with van der Waals surface area (Å²) in [5.41, 5.74) is 24.8. The molecule has 3 heterocycles. The second-order valence-corrected chi connectivity index (χ2v) is 32.6. The molecule has 0 saturated carbocycles. The van der Waals surface area contributed by atoms with Crippen LogP contribution in [-0.4, -0.2) is 302 Å². The number of aromatic hydroxyl groups is 1. The largest absolute Gasteiger partial charge is 0.508 e. The minimum atomic E-state index is -1.91. The summed E-state index contributed by atoms with van der Waals surface area (Å²) in [7, 11) is 0. The molecule has 0 aliphatic carbocycles. The smallest absolute Gasteiger partial charge is 0.248 e. The van der Waals surface area contributed by atoms with Crippen molar-refractivity contribution < 1.29 is 121 Å². The van der Waals surface area contributed by atoms with Gasteiger partial charge in [-0.2, -0.15) is 0 Å². The zero-order valence-electron chi connectivity index (χ0n) is 72.6. The average Bonchev–Trinajstić information content (AvgIpc) is 1.64. The van der Waals surface area contributed by atoms with E-state index in [1.165, 1.54) is 47.9 Å². The van der Waals surface area contributed by atoms with Crippen molar-refractivity contribution in [2.24, 2.45) is 46.5 Å². The topological polar surface area (TPSA) is 748 Å². The maximum atomic E-state index is 14.8. The standard InChI is InChI=1S/C81H122N22O25/c1-9-41(6)65(80(127)102-26-13-18-55(102)75(122)88-35-62(113)90-49(29-44-16-11-10-12-17-44)70(117)91-50(32-59(83)110)69(116)89-46(37-104)31-58(82)109)97-72(119)48(28-39(2)3)92-76(123)56-19-14-25-101(56)79(126)57-20-15-27-103(57)81(128)67(43(8)107)99-73(120)52(34-61(85)112)93-77(124)64(40(4)5)96-63(114)36-87-68(115)54(38-105)95-71(118)51(33-60(84)111)94-78(125)66(42(7)106)98-74(121)53(100-86)30-45-21-23-47(108)24-22-45/h10-12,16-17,21-24,37,39-43,46,48-57,64-67,100,105-108H,9,13-15,18-20,25-36,38,86H2,1-8H3,(H2,82,109)(H2,83,110)(H2,84,111)(H2,85,112)(H,87,115)(H,88,122)(H,89,116)(H,90,113)(H,91,117)(H,92,123)(H,93,124)(H,94,125)(H,95,118)(H,96,114)(H,97,119)(H,98,121)(H,99,120)/t41-,42+,43+,46-,48-,49-,50-,51?,52?,53?,54-,55-,56-,57-,64-,65-,66-,67-/m0/s1. The number of nitrogens with two attached hydrogens (primary N) is 5. The van der Waals surface area contributed by atoms with Crippen LogP contribution in [0.5, 0.6) is 5.75 Å². The lowest BCUT2D eigenvalue weighted by Gasteiger charge is -2.34. The fraction of sp³-hybridized carbons (Fsp3) is 0.593. The molecule has 3 aliphatic heterocycles. The van der Waals surface area contributed by atoms with Crippen LogP contribution < -0.4 is 103 Å². The Labute approximate surface area is 737 Å². The summed E-state index contributed by atoms with van der Waals surface area (Å²) in [6.45, 7) is 9.23. The van der Waals surface area contributed by atoms with Crippen LogP contribution in [0.1, 0.15) is 144 Å². The average molecular weight is 1800 g/mol. The van der Waals surface area contributed by atoms with Crippen molar-refractivity contribution in [1.82, 2.24) is 89.2 Å². The van der Waals surface area contributed by atoms with Gasteiger partial charge in [0.2, 0.25) is 118 Å². The molecular weight excluding hydrogens is 1680 g/mol. The normalized spacial score (nSPS) is 18.3. The van der Waals surface area contributed by atoms with E-state index < -0.39 is 278 Å². The van der Waals surface area contributed by atoms with Crippen LogP contribution >= 0.6 is 0 Å². The summed E-state index contributed by atoms with van der Waals surface area (Å²) in [5, 5.41) is 72.3. The molecule has 706 valence electrons. The lowest BCUT2D eigenvalue weighted by molar-refractivity contribution is -0.149. The van der Waals surface area contributed by atoms with Crippen LogP contribution in [0, 0.1) is 17.8 Å². The molecule has 0 bridgehead atoms. The van der Waals surface area contributed by atoms with Gasteiger partial charge in [0.05, 0.1) is 63.6 Å². The predicted molar refractivity (Wildman–Crippen MR) is 450 cm³/mol. The summed E-state index contributed by atoms with van der Waals surface area (Å²) in [4.78, 5) is 287. The van der Waals surface area contributed by atoms with Gasteiger partial charge in [-0.3, -0.25) is 102 Å². The van der Waals surface area contributed by atoms with Crippen LogP contribution in [0.15, 0.2) is 54.6 Å². The lowest BCUT2D eigenvalue weighted by atomic mass is 9.95. The number of phenolic OH excluding ortho intramolecular Hbond substituents is 1. The first-order chi connectivity index (χ1) is 60.3. The van der Waals surface area contributed by atoms with Crippen molar-refractivity contribution in [3.05, 3.63) is 65.7 Å². The molecule has 18 atom stereocenters. The van der Waals surface area contributed by atoms with E-state index >= 15 is 0 Å². The quantitative estimate of drug-likeness (QED) is 0.0166. The van der Waals surface area contributed by atoms with Gasteiger partial charge >= 0.3 is 0 Å². The second kappa shape index (κ2) is 51.0. The van der Waals surface area contributed by atoms with E-state index in [4.69, 9.17) is 28.8 Å². The highest BCUT2D eigenvalue weighted by molar-refractivity contribution is 6.03. The maximum absolute atomic E-state index is 14.8. The second-order valence-electron chi connectivity index (χ2n) is 32.6. The number of hydrazine groups is 1. The van der Waals surface area contributed by atoms with E-state index in [0.717, 1.165) is 18.7 Å². The molecule has 0 radical (unpaired) electrons. The Bertz CT molecular complexity index is 4310. The number of nitrogens with zero attached hydrogens (tertiary/aromatic N) is 3. The highest BCUT2D eigenvalue weighted by Gasteiger charge is 2.47. The molecule has 2 aromatic rings. The Morgan fingerprint density at radius 1 is 0.430 bits per heavy atom. The maximum Gasteiger partial charge on any atom is 0.248 e. The number of rotatable bonds is 51. The molecule has 3 fully saturated rings. The highest BCUT2D eigenvalue weighted by atomic mass is 16.3. The SMILES string of the molecule is CC[C@H](C)[C@H](NC(=O)[C@H](CC(C)C)NC(=O)[C@@H]1CCCN1C(=O)[C@@H]1CCCN1C(=O)[C@@H](NC(=O)C(CC(N)=O)NC(=O)[C@@H](NC(=O)CNC(=O)[C@H](CO)NC(=O)C(CC(N)=O)NC(=O)[C@@H](NC(=O)C(Cc1ccc(O)cc1)NN)[C@@H](C)O)C(C)C)[C@@H](C)O)C(=O)N1CCC[C@H]1C(=O)NCC(=O)N[C@@H](Cc1ccccc1)C(=O)N[C@@H](CC(N)=O)C(=O)N[C@H](C=O)CC(N)=O. The number of carbonyl (C=O) groups excluding carboxylic acids is 21. The lowest BCUT2D eigenvalue weighted by Crippen LogP contribution is -2.62. The number of aldehydes is 1. The first kappa shape index (κ1) is 106. The first-order valence-corrected chi connectivity index (χ1v) is 42.0.